The number of aryl methyl sites for hydroxylation is 3. The van der Waals surface area contributed by atoms with Gasteiger partial charge in [0.25, 0.3) is 0 Å². The minimum Gasteiger partial charge on any atom is -0.324 e. The third-order valence-electron chi connectivity index (χ3n) is 4.26. The fourth-order valence-electron chi connectivity index (χ4n) is 2.92. The van der Waals surface area contributed by atoms with Gasteiger partial charge in [0.15, 0.2) is 0 Å². The molecule has 0 radical (unpaired) electrons. The number of hydrogen-bond acceptors (Lipinski definition) is 3. The van der Waals surface area contributed by atoms with Crippen LogP contribution in [-0.4, -0.2) is 26.6 Å². The van der Waals surface area contributed by atoms with E-state index in [9.17, 15) is 13.2 Å². The van der Waals surface area contributed by atoms with E-state index in [-0.39, 0.29) is 5.91 Å². The minimum atomic E-state index is -3.62. The summed E-state index contributed by atoms with van der Waals surface area (Å²) in [7, 11) is -3.62. The van der Waals surface area contributed by atoms with Crippen LogP contribution in [0.3, 0.4) is 0 Å². The summed E-state index contributed by atoms with van der Waals surface area (Å²) in [6, 6.07) is 12.0. The lowest BCUT2D eigenvalue weighted by Gasteiger charge is -2.30. The van der Waals surface area contributed by atoms with E-state index in [1.807, 2.05) is 51.1 Å². The van der Waals surface area contributed by atoms with E-state index in [1.165, 1.54) is 4.31 Å². The highest BCUT2D eigenvalue weighted by Gasteiger charge is 2.31. The molecule has 6 heteroatoms. The molecule has 1 atom stereocenters. The molecule has 0 aliphatic rings. The summed E-state index contributed by atoms with van der Waals surface area (Å²) in [5, 5.41) is 2.88. The maximum atomic E-state index is 12.9. The van der Waals surface area contributed by atoms with Crippen molar-refractivity contribution in [1.82, 2.24) is 0 Å². The number of nitrogens with one attached hydrogen (secondary N) is 1. The van der Waals surface area contributed by atoms with Gasteiger partial charge in [-0.15, -0.1) is 0 Å². The Labute approximate surface area is 156 Å². The predicted octanol–water partition coefficient (Wildman–Crippen LogP) is 3.80. The molecule has 0 aromatic heterocycles. The Hall–Kier alpha value is -2.34. The largest absolute Gasteiger partial charge is 0.324 e. The minimum absolute atomic E-state index is 0.342. The maximum absolute atomic E-state index is 12.9. The second-order valence-corrected chi connectivity index (χ2v) is 8.49. The summed E-state index contributed by atoms with van der Waals surface area (Å²) in [5.74, 6) is -0.342. The van der Waals surface area contributed by atoms with Crippen molar-refractivity contribution in [3.05, 3.63) is 59.2 Å². The van der Waals surface area contributed by atoms with E-state index in [0.29, 0.717) is 17.8 Å². The van der Waals surface area contributed by atoms with Crippen molar-refractivity contribution >= 4 is 27.3 Å². The molecule has 2 aromatic carbocycles. The fraction of sp³-hybridized carbons (Fsp3) is 0.350. The van der Waals surface area contributed by atoms with Gasteiger partial charge in [0.05, 0.1) is 11.9 Å². The van der Waals surface area contributed by atoms with E-state index in [4.69, 9.17) is 0 Å². The highest BCUT2D eigenvalue weighted by atomic mass is 32.2. The average molecular weight is 375 g/mol. The standard InChI is InChI=1S/C20H26N2O3S/c1-6-19(20(23)21-18-12-9-15(3)13-16(18)4)22(26(5,24)25)17-10-7-14(2)8-11-17/h7-13,19H,6H2,1-5H3,(H,21,23)/t19-/m0/s1. The molecule has 1 amide bonds. The molecule has 1 N–H and O–H groups in total. The van der Waals surface area contributed by atoms with Crippen molar-refractivity contribution in [2.24, 2.45) is 0 Å². The lowest BCUT2D eigenvalue weighted by Crippen LogP contribution is -2.47. The third kappa shape index (κ3) is 4.64. The molecule has 0 saturated heterocycles. The van der Waals surface area contributed by atoms with E-state index in [1.54, 1.807) is 19.1 Å². The van der Waals surface area contributed by atoms with Crippen LogP contribution in [0.2, 0.25) is 0 Å². The molecule has 0 heterocycles. The SMILES string of the molecule is CC[C@@H](C(=O)Nc1ccc(C)cc1C)N(c1ccc(C)cc1)S(C)(=O)=O. The van der Waals surface area contributed by atoms with Gasteiger partial charge in [-0.3, -0.25) is 9.10 Å². The highest BCUT2D eigenvalue weighted by molar-refractivity contribution is 7.92. The molecule has 2 rings (SSSR count). The van der Waals surface area contributed by atoms with Crippen LogP contribution >= 0.6 is 0 Å². The number of carbonyl (C=O) groups is 1. The molecule has 140 valence electrons. The molecule has 0 spiro atoms. The lowest BCUT2D eigenvalue weighted by molar-refractivity contribution is -0.117. The summed E-state index contributed by atoms with van der Waals surface area (Å²) in [4.78, 5) is 12.9. The van der Waals surface area contributed by atoms with Crippen molar-refractivity contribution in [2.75, 3.05) is 15.9 Å². The quantitative estimate of drug-likeness (QED) is 0.836. The number of amides is 1. The van der Waals surface area contributed by atoms with Crippen LogP contribution in [0.5, 0.6) is 0 Å². The molecule has 2 aromatic rings. The Morgan fingerprint density at radius 1 is 1.04 bits per heavy atom. The number of nitrogens with zero attached hydrogens (tertiary/aromatic N) is 1. The van der Waals surface area contributed by atoms with Gasteiger partial charge in [0.1, 0.15) is 6.04 Å². The van der Waals surface area contributed by atoms with Crippen molar-refractivity contribution < 1.29 is 13.2 Å². The molecule has 0 bridgehead atoms. The molecule has 0 unspecified atom stereocenters. The smallest absolute Gasteiger partial charge is 0.248 e. The van der Waals surface area contributed by atoms with Crippen molar-refractivity contribution in [1.29, 1.82) is 0 Å². The number of rotatable bonds is 6. The fourth-order valence-corrected chi connectivity index (χ4v) is 4.13. The zero-order chi connectivity index (χ0) is 19.5. The van der Waals surface area contributed by atoms with Gasteiger partial charge in [0.2, 0.25) is 15.9 Å². The summed E-state index contributed by atoms with van der Waals surface area (Å²) in [6.45, 7) is 7.63. The molecule has 5 nitrogen and oxygen atoms in total. The lowest BCUT2D eigenvalue weighted by atomic mass is 10.1. The number of hydrogen-bond donors (Lipinski definition) is 1. The topological polar surface area (TPSA) is 66.5 Å². The molecule has 0 aliphatic heterocycles. The first-order valence-corrected chi connectivity index (χ1v) is 10.4. The first kappa shape index (κ1) is 20.0. The van der Waals surface area contributed by atoms with Crippen molar-refractivity contribution in [2.45, 2.75) is 40.2 Å². The number of anilines is 2. The van der Waals surface area contributed by atoms with Gasteiger partial charge < -0.3 is 5.32 Å². The second-order valence-electron chi connectivity index (χ2n) is 6.63. The zero-order valence-electron chi connectivity index (χ0n) is 15.9. The second kappa shape index (κ2) is 7.91. The predicted molar refractivity (Wildman–Crippen MR) is 107 cm³/mol. The Bertz CT molecular complexity index is 890. The van der Waals surface area contributed by atoms with Gasteiger partial charge in [-0.25, -0.2) is 8.42 Å². The normalized spacial score (nSPS) is 12.5. The van der Waals surface area contributed by atoms with Gasteiger partial charge >= 0.3 is 0 Å². The van der Waals surface area contributed by atoms with Crippen LogP contribution in [0, 0.1) is 20.8 Å². The Morgan fingerprint density at radius 2 is 1.62 bits per heavy atom. The van der Waals surface area contributed by atoms with Gasteiger partial charge in [0, 0.05) is 5.69 Å². The van der Waals surface area contributed by atoms with E-state index < -0.39 is 16.1 Å². The Balaban J connectivity index is 2.38. The molecular weight excluding hydrogens is 348 g/mol. The molecular formula is C20H26N2O3S. The Kier molecular flexibility index (Phi) is 6.08. The molecule has 0 aliphatic carbocycles. The first-order chi connectivity index (χ1) is 12.1. The van der Waals surface area contributed by atoms with Gasteiger partial charge in [-0.05, 0) is 51.0 Å². The summed E-state index contributed by atoms with van der Waals surface area (Å²) >= 11 is 0. The van der Waals surface area contributed by atoms with Crippen LogP contribution in [-0.2, 0) is 14.8 Å². The number of benzene rings is 2. The monoisotopic (exact) mass is 374 g/mol. The van der Waals surface area contributed by atoms with Crippen LogP contribution in [0.1, 0.15) is 30.0 Å². The number of carbonyl (C=O) groups excluding carboxylic acids is 1. The van der Waals surface area contributed by atoms with Crippen molar-refractivity contribution in [3.8, 4) is 0 Å². The van der Waals surface area contributed by atoms with Crippen LogP contribution in [0.4, 0.5) is 11.4 Å². The van der Waals surface area contributed by atoms with Gasteiger partial charge in [-0.2, -0.15) is 0 Å². The molecule has 0 fully saturated rings. The summed E-state index contributed by atoms with van der Waals surface area (Å²) < 4.78 is 26.1. The summed E-state index contributed by atoms with van der Waals surface area (Å²) in [5.41, 5.74) is 4.24. The first-order valence-electron chi connectivity index (χ1n) is 8.57. The van der Waals surface area contributed by atoms with E-state index in [2.05, 4.69) is 5.32 Å². The van der Waals surface area contributed by atoms with Crippen LogP contribution in [0.15, 0.2) is 42.5 Å². The zero-order valence-corrected chi connectivity index (χ0v) is 16.7. The van der Waals surface area contributed by atoms with Crippen molar-refractivity contribution in [3.63, 3.8) is 0 Å². The number of sulfonamides is 1. The van der Waals surface area contributed by atoms with Crippen LogP contribution in [0.25, 0.3) is 0 Å². The Morgan fingerprint density at radius 3 is 2.12 bits per heavy atom. The van der Waals surface area contributed by atoms with Gasteiger partial charge in [-0.1, -0.05) is 42.3 Å². The highest BCUT2D eigenvalue weighted by Crippen LogP contribution is 2.24. The maximum Gasteiger partial charge on any atom is 0.248 e. The third-order valence-corrected chi connectivity index (χ3v) is 5.44. The molecule has 26 heavy (non-hydrogen) atoms. The van der Waals surface area contributed by atoms with Crippen LogP contribution < -0.4 is 9.62 Å². The summed E-state index contributed by atoms with van der Waals surface area (Å²) in [6.07, 6.45) is 1.48. The molecule has 0 saturated carbocycles. The van der Waals surface area contributed by atoms with E-state index >= 15 is 0 Å². The average Bonchev–Trinajstić information content (AvgIpc) is 2.55. The van der Waals surface area contributed by atoms with E-state index in [0.717, 1.165) is 22.9 Å².